The highest BCUT2D eigenvalue weighted by Crippen LogP contribution is 2.40. The average molecular weight is 301 g/mol. The zero-order chi connectivity index (χ0) is 13.2. The number of hydrogen-bond donors (Lipinski definition) is 0. The van der Waals surface area contributed by atoms with Crippen LogP contribution < -0.4 is 0 Å². The summed E-state index contributed by atoms with van der Waals surface area (Å²) in [6.45, 7) is 0. The number of nitrogens with zero attached hydrogens (tertiary/aromatic N) is 2. The molecule has 2 nitrogen and oxygen atoms in total. The van der Waals surface area contributed by atoms with E-state index in [0.717, 1.165) is 10.7 Å². The van der Waals surface area contributed by atoms with Crippen molar-refractivity contribution in [1.29, 1.82) is 0 Å². The van der Waals surface area contributed by atoms with Gasteiger partial charge in [0.15, 0.2) is 0 Å². The molecule has 0 aromatic carbocycles. The molecule has 1 aromatic heterocycles. The van der Waals surface area contributed by atoms with Crippen molar-refractivity contribution in [3.63, 3.8) is 0 Å². The largest absolute Gasteiger partial charge is 0.250 e. The first-order chi connectivity index (χ1) is 9.31. The predicted molar refractivity (Wildman–Crippen MR) is 80.1 cm³/mol. The van der Waals surface area contributed by atoms with Crippen molar-refractivity contribution in [1.82, 2.24) is 9.78 Å². The summed E-state index contributed by atoms with van der Waals surface area (Å²) in [6, 6.07) is 0.498. The van der Waals surface area contributed by atoms with Crippen LogP contribution in [0.5, 0.6) is 0 Å². The quantitative estimate of drug-likeness (QED) is 0.680. The summed E-state index contributed by atoms with van der Waals surface area (Å²) in [6.07, 6.45) is 11.5. The Hall–Kier alpha value is -0.210. The average Bonchev–Trinajstić information content (AvgIpc) is 3.07. The normalized spacial score (nSPS) is 22.2. The van der Waals surface area contributed by atoms with E-state index in [1.54, 1.807) is 0 Å². The maximum atomic E-state index is 6.56. The third kappa shape index (κ3) is 2.67. The van der Waals surface area contributed by atoms with Crippen LogP contribution >= 0.6 is 23.2 Å². The molecule has 106 valence electrons. The van der Waals surface area contributed by atoms with Crippen LogP contribution in [0.4, 0.5) is 0 Å². The van der Waals surface area contributed by atoms with Gasteiger partial charge in [-0.3, -0.25) is 4.68 Å². The molecule has 0 atom stereocenters. The lowest BCUT2D eigenvalue weighted by atomic mass is 9.96. The lowest BCUT2D eigenvalue weighted by molar-refractivity contribution is 0.327. The highest BCUT2D eigenvalue weighted by atomic mass is 35.5. The van der Waals surface area contributed by atoms with Crippen LogP contribution in [0.2, 0.25) is 5.15 Å². The molecule has 1 aromatic rings. The standard InChI is InChI=1S/C15H22Cl2N2/c16-10-13-14(11-6-4-5-7-11)18-19(15(13)17)12-8-2-1-3-9-12/h11-12H,1-10H2. The minimum absolute atomic E-state index is 0.497. The van der Waals surface area contributed by atoms with Crippen LogP contribution in [-0.2, 0) is 5.88 Å². The van der Waals surface area contributed by atoms with E-state index in [4.69, 9.17) is 28.3 Å². The summed E-state index contributed by atoms with van der Waals surface area (Å²) < 4.78 is 2.09. The van der Waals surface area contributed by atoms with E-state index in [0.29, 0.717) is 17.8 Å². The molecular weight excluding hydrogens is 279 g/mol. The lowest BCUT2D eigenvalue weighted by Crippen LogP contribution is -2.14. The van der Waals surface area contributed by atoms with Crippen LogP contribution in [0.15, 0.2) is 0 Å². The fourth-order valence-corrected chi connectivity index (χ4v) is 4.35. The van der Waals surface area contributed by atoms with Gasteiger partial charge >= 0.3 is 0 Å². The fourth-order valence-electron chi connectivity index (χ4n) is 3.68. The second kappa shape index (κ2) is 6.05. The van der Waals surface area contributed by atoms with E-state index >= 15 is 0 Å². The van der Waals surface area contributed by atoms with E-state index in [9.17, 15) is 0 Å². The van der Waals surface area contributed by atoms with Gasteiger partial charge in [-0.2, -0.15) is 5.10 Å². The van der Waals surface area contributed by atoms with Gasteiger partial charge in [-0.1, -0.05) is 43.7 Å². The second-order valence-electron chi connectivity index (χ2n) is 6.01. The molecule has 0 amide bonds. The van der Waals surface area contributed by atoms with E-state index in [1.807, 2.05) is 0 Å². The number of rotatable bonds is 3. The Labute approximate surface area is 125 Å². The van der Waals surface area contributed by atoms with Crippen molar-refractivity contribution in [2.75, 3.05) is 0 Å². The van der Waals surface area contributed by atoms with Crippen molar-refractivity contribution in [3.05, 3.63) is 16.4 Å². The first-order valence-electron chi connectivity index (χ1n) is 7.64. The van der Waals surface area contributed by atoms with E-state index in [-0.39, 0.29) is 0 Å². The van der Waals surface area contributed by atoms with Crippen molar-refractivity contribution < 1.29 is 0 Å². The molecule has 2 fully saturated rings. The Balaban J connectivity index is 1.91. The minimum Gasteiger partial charge on any atom is -0.250 e. The van der Waals surface area contributed by atoms with Gasteiger partial charge < -0.3 is 0 Å². The van der Waals surface area contributed by atoms with Crippen molar-refractivity contribution in [3.8, 4) is 0 Å². The van der Waals surface area contributed by atoms with Gasteiger partial charge in [0, 0.05) is 11.5 Å². The summed E-state index contributed by atoms with van der Waals surface area (Å²) in [5.41, 5.74) is 2.30. The van der Waals surface area contributed by atoms with E-state index in [1.165, 1.54) is 63.5 Å². The summed E-state index contributed by atoms with van der Waals surface area (Å²) in [7, 11) is 0. The molecule has 0 aliphatic heterocycles. The van der Waals surface area contributed by atoms with Crippen LogP contribution in [0.25, 0.3) is 0 Å². The summed E-state index contributed by atoms with van der Waals surface area (Å²) in [5.74, 6) is 1.09. The topological polar surface area (TPSA) is 17.8 Å². The molecule has 0 N–H and O–H groups in total. The highest BCUT2D eigenvalue weighted by molar-refractivity contribution is 6.31. The molecule has 0 spiro atoms. The van der Waals surface area contributed by atoms with Gasteiger partial charge in [0.1, 0.15) is 5.15 Å². The molecular formula is C15H22Cl2N2. The minimum atomic E-state index is 0.497. The van der Waals surface area contributed by atoms with Gasteiger partial charge in [-0.25, -0.2) is 0 Å². The Morgan fingerprint density at radius 2 is 1.63 bits per heavy atom. The molecule has 19 heavy (non-hydrogen) atoms. The van der Waals surface area contributed by atoms with Crippen molar-refractivity contribution >= 4 is 23.2 Å². The second-order valence-corrected chi connectivity index (χ2v) is 6.63. The number of halogens is 2. The zero-order valence-corrected chi connectivity index (χ0v) is 12.9. The SMILES string of the molecule is ClCc1c(C2CCCC2)nn(C2CCCCC2)c1Cl. The van der Waals surface area contributed by atoms with Crippen LogP contribution in [0.1, 0.15) is 81.0 Å². The van der Waals surface area contributed by atoms with Crippen LogP contribution in [-0.4, -0.2) is 9.78 Å². The van der Waals surface area contributed by atoms with Gasteiger partial charge in [0.2, 0.25) is 0 Å². The molecule has 0 bridgehead atoms. The molecule has 3 rings (SSSR count). The Morgan fingerprint density at radius 3 is 2.26 bits per heavy atom. The highest BCUT2D eigenvalue weighted by Gasteiger charge is 2.28. The van der Waals surface area contributed by atoms with E-state index < -0.39 is 0 Å². The van der Waals surface area contributed by atoms with Crippen molar-refractivity contribution in [2.45, 2.75) is 75.6 Å². The third-order valence-corrected chi connectivity index (χ3v) is 5.44. The van der Waals surface area contributed by atoms with Crippen LogP contribution in [0, 0.1) is 0 Å². The number of aromatic nitrogens is 2. The molecule has 1 heterocycles. The molecule has 4 heteroatoms. The first kappa shape index (κ1) is 13.8. The summed E-state index contributed by atoms with van der Waals surface area (Å²) >= 11 is 12.7. The van der Waals surface area contributed by atoms with Crippen molar-refractivity contribution in [2.24, 2.45) is 0 Å². The summed E-state index contributed by atoms with van der Waals surface area (Å²) in [5, 5.41) is 5.70. The Kier molecular flexibility index (Phi) is 4.38. The lowest BCUT2D eigenvalue weighted by Gasteiger charge is -2.22. The first-order valence-corrected chi connectivity index (χ1v) is 8.55. The monoisotopic (exact) mass is 300 g/mol. The Bertz CT molecular complexity index is 430. The molecule has 0 radical (unpaired) electrons. The fraction of sp³-hybridized carbons (Fsp3) is 0.800. The predicted octanol–water partition coefficient (Wildman–Crippen LogP) is 5.44. The van der Waals surface area contributed by atoms with Gasteiger partial charge in [-0.15, -0.1) is 11.6 Å². The van der Waals surface area contributed by atoms with Gasteiger partial charge in [0.25, 0.3) is 0 Å². The zero-order valence-electron chi connectivity index (χ0n) is 11.4. The van der Waals surface area contributed by atoms with E-state index in [2.05, 4.69) is 4.68 Å². The van der Waals surface area contributed by atoms with Gasteiger partial charge in [-0.05, 0) is 25.7 Å². The number of hydrogen-bond acceptors (Lipinski definition) is 1. The molecule has 0 unspecified atom stereocenters. The number of alkyl halides is 1. The molecule has 0 saturated heterocycles. The summed E-state index contributed by atoms with van der Waals surface area (Å²) in [4.78, 5) is 0. The third-order valence-electron chi connectivity index (χ3n) is 4.77. The van der Waals surface area contributed by atoms with Gasteiger partial charge in [0.05, 0.1) is 17.6 Å². The Morgan fingerprint density at radius 1 is 1.00 bits per heavy atom. The maximum Gasteiger partial charge on any atom is 0.132 e. The van der Waals surface area contributed by atoms with Crippen LogP contribution in [0.3, 0.4) is 0 Å². The molecule has 2 saturated carbocycles. The smallest absolute Gasteiger partial charge is 0.132 e. The maximum absolute atomic E-state index is 6.56. The molecule has 2 aliphatic carbocycles. The molecule has 2 aliphatic rings.